The fourth-order valence-electron chi connectivity index (χ4n) is 0.760. The third kappa shape index (κ3) is 1.97. The van der Waals surface area contributed by atoms with Crippen LogP contribution in [0.25, 0.3) is 0 Å². The Kier molecular flexibility index (Phi) is 2.41. The van der Waals surface area contributed by atoms with Gasteiger partial charge in [0.05, 0.1) is 5.56 Å². The van der Waals surface area contributed by atoms with Crippen LogP contribution in [-0.4, -0.2) is 4.98 Å². The summed E-state index contributed by atoms with van der Waals surface area (Å²) in [5.41, 5.74) is -0.333. The van der Waals surface area contributed by atoms with Crippen LogP contribution in [0.3, 0.4) is 0 Å². The first kappa shape index (κ1) is 9.51. The molecule has 5 heteroatoms. The number of hydrogen-bond acceptors (Lipinski definition) is 1. The molecular formula is C7H5BrF3N. The summed E-state index contributed by atoms with van der Waals surface area (Å²) >= 11 is 2.78. The zero-order valence-electron chi connectivity index (χ0n) is 6.11. The van der Waals surface area contributed by atoms with Gasteiger partial charge in [0.2, 0.25) is 0 Å². The van der Waals surface area contributed by atoms with Crippen LogP contribution in [0.15, 0.2) is 16.7 Å². The highest BCUT2D eigenvalue weighted by molar-refractivity contribution is 9.10. The first-order chi connectivity index (χ1) is 5.41. The van der Waals surface area contributed by atoms with E-state index in [2.05, 4.69) is 20.9 Å². The maximum absolute atomic E-state index is 12.2. The van der Waals surface area contributed by atoms with Gasteiger partial charge in [-0.15, -0.1) is 0 Å². The fourth-order valence-corrected chi connectivity index (χ4v) is 1.20. The summed E-state index contributed by atoms with van der Waals surface area (Å²) in [6, 6.07) is 1.00. The molecule has 0 saturated carbocycles. The van der Waals surface area contributed by atoms with Crippen molar-refractivity contribution < 1.29 is 13.2 Å². The number of halogens is 4. The summed E-state index contributed by atoms with van der Waals surface area (Å²) in [5, 5.41) is 0. The van der Waals surface area contributed by atoms with Crippen LogP contribution in [0.2, 0.25) is 0 Å². The molecule has 0 N–H and O–H groups in total. The second kappa shape index (κ2) is 3.05. The number of hydrogen-bond donors (Lipinski definition) is 0. The van der Waals surface area contributed by atoms with E-state index in [1.807, 2.05) is 0 Å². The highest BCUT2D eigenvalue weighted by Crippen LogP contribution is 2.34. The molecule has 66 valence electrons. The summed E-state index contributed by atoms with van der Waals surface area (Å²) in [6.07, 6.45) is -3.16. The second-order valence-corrected chi connectivity index (χ2v) is 3.16. The normalized spacial score (nSPS) is 11.8. The van der Waals surface area contributed by atoms with E-state index in [9.17, 15) is 13.2 Å². The van der Waals surface area contributed by atoms with Crippen molar-refractivity contribution in [2.45, 2.75) is 13.1 Å². The molecule has 1 nitrogen and oxygen atoms in total. The summed E-state index contributed by atoms with van der Waals surface area (Å²) in [6.45, 7) is 1.52. The van der Waals surface area contributed by atoms with E-state index in [1.54, 1.807) is 0 Å². The smallest absolute Gasteiger partial charge is 0.260 e. The van der Waals surface area contributed by atoms with Gasteiger partial charge in [-0.1, -0.05) is 0 Å². The molecule has 0 atom stereocenters. The Balaban J connectivity index is 3.23. The predicted molar refractivity (Wildman–Crippen MR) is 41.7 cm³/mol. The lowest BCUT2D eigenvalue weighted by atomic mass is 10.2. The Morgan fingerprint density at radius 3 is 2.42 bits per heavy atom. The molecule has 12 heavy (non-hydrogen) atoms. The lowest BCUT2D eigenvalue weighted by Gasteiger charge is -2.08. The average molecular weight is 240 g/mol. The molecule has 0 saturated heterocycles. The van der Waals surface area contributed by atoms with Gasteiger partial charge in [0.15, 0.2) is 0 Å². The first-order valence-electron chi connectivity index (χ1n) is 3.10. The van der Waals surface area contributed by atoms with E-state index < -0.39 is 11.7 Å². The number of rotatable bonds is 0. The molecule has 0 unspecified atom stereocenters. The van der Waals surface area contributed by atoms with Crippen molar-refractivity contribution in [1.29, 1.82) is 0 Å². The number of nitrogens with zero attached hydrogens (tertiary/aromatic N) is 1. The van der Waals surface area contributed by atoms with Crippen molar-refractivity contribution in [3.05, 3.63) is 28.0 Å². The van der Waals surface area contributed by atoms with Gasteiger partial charge in [0, 0.05) is 16.4 Å². The molecule has 0 fully saturated rings. The Labute approximate surface area is 75.7 Å². The maximum Gasteiger partial charge on any atom is 0.417 e. The highest BCUT2D eigenvalue weighted by atomic mass is 79.9. The lowest BCUT2D eigenvalue weighted by Crippen LogP contribution is -2.06. The number of aryl methyl sites for hydroxylation is 1. The SMILES string of the molecule is Cc1cc(C(F)(F)F)c(Br)cn1. The summed E-state index contributed by atoms with van der Waals surface area (Å²) in [5.74, 6) is 0. The highest BCUT2D eigenvalue weighted by Gasteiger charge is 2.33. The van der Waals surface area contributed by atoms with Crippen LogP contribution in [-0.2, 0) is 6.18 Å². The van der Waals surface area contributed by atoms with Gasteiger partial charge in [-0.05, 0) is 28.9 Å². The molecule has 0 aliphatic heterocycles. The molecule has 0 amide bonds. The quantitative estimate of drug-likeness (QED) is 0.678. The zero-order chi connectivity index (χ0) is 9.35. The van der Waals surface area contributed by atoms with Crippen LogP contribution in [0, 0.1) is 6.92 Å². The van der Waals surface area contributed by atoms with Crippen molar-refractivity contribution in [2.24, 2.45) is 0 Å². The molecule has 0 aliphatic carbocycles. The molecule has 1 rings (SSSR count). The largest absolute Gasteiger partial charge is 0.417 e. The van der Waals surface area contributed by atoms with E-state index in [0.717, 1.165) is 12.3 Å². The number of aromatic nitrogens is 1. The maximum atomic E-state index is 12.2. The molecule has 1 heterocycles. The van der Waals surface area contributed by atoms with E-state index in [-0.39, 0.29) is 4.47 Å². The van der Waals surface area contributed by atoms with Crippen LogP contribution in [0.1, 0.15) is 11.3 Å². The molecule has 0 radical (unpaired) electrons. The van der Waals surface area contributed by atoms with E-state index in [0.29, 0.717) is 5.69 Å². The van der Waals surface area contributed by atoms with Crippen molar-refractivity contribution in [3.8, 4) is 0 Å². The van der Waals surface area contributed by atoms with Gasteiger partial charge in [0.25, 0.3) is 0 Å². The van der Waals surface area contributed by atoms with Gasteiger partial charge in [0.1, 0.15) is 0 Å². The minimum Gasteiger partial charge on any atom is -0.260 e. The Morgan fingerprint density at radius 2 is 2.00 bits per heavy atom. The van der Waals surface area contributed by atoms with Crippen molar-refractivity contribution in [1.82, 2.24) is 4.98 Å². The average Bonchev–Trinajstić information content (AvgIpc) is 1.92. The molecule has 0 aliphatic rings. The van der Waals surface area contributed by atoms with Crippen LogP contribution in [0.5, 0.6) is 0 Å². The molecule has 0 bridgehead atoms. The van der Waals surface area contributed by atoms with Crippen molar-refractivity contribution >= 4 is 15.9 Å². The molecule has 1 aromatic rings. The molecule has 0 spiro atoms. The molecular weight excluding hydrogens is 235 g/mol. The zero-order valence-corrected chi connectivity index (χ0v) is 7.70. The molecule has 0 aromatic carbocycles. The van der Waals surface area contributed by atoms with Gasteiger partial charge in [-0.3, -0.25) is 4.98 Å². The Hall–Kier alpha value is -0.580. The first-order valence-corrected chi connectivity index (χ1v) is 3.90. The van der Waals surface area contributed by atoms with E-state index in [1.165, 1.54) is 6.92 Å². The van der Waals surface area contributed by atoms with Crippen LogP contribution < -0.4 is 0 Å². The monoisotopic (exact) mass is 239 g/mol. The van der Waals surface area contributed by atoms with Crippen molar-refractivity contribution in [3.63, 3.8) is 0 Å². The second-order valence-electron chi connectivity index (χ2n) is 2.30. The third-order valence-electron chi connectivity index (χ3n) is 1.30. The van der Waals surface area contributed by atoms with Gasteiger partial charge in [-0.2, -0.15) is 13.2 Å². The Morgan fingerprint density at radius 1 is 1.42 bits per heavy atom. The topological polar surface area (TPSA) is 12.9 Å². The van der Waals surface area contributed by atoms with Gasteiger partial charge >= 0.3 is 6.18 Å². The van der Waals surface area contributed by atoms with Gasteiger partial charge < -0.3 is 0 Å². The van der Waals surface area contributed by atoms with Crippen LogP contribution >= 0.6 is 15.9 Å². The standard InChI is InChI=1S/C7H5BrF3N/c1-4-2-5(7(9,10)11)6(8)3-12-4/h2-3H,1H3. The molecule has 1 aromatic heterocycles. The summed E-state index contributed by atoms with van der Waals surface area (Å²) in [7, 11) is 0. The number of alkyl halides is 3. The third-order valence-corrected chi connectivity index (χ3v) is 1.93. The number of pyridine rings is 1. The van der Waals surface area contributed by atoms with E-state index in [4.69, 9.17) is 0 Å². The minimum absolute atomic E-state index is 0.0272. The lowest BCUT2D eigenvalue weighted by molar-refractivity contribution is -0.138. The van der Waals surface area contributed by atoms with Gasteiger partial charge in [-0.25, -0.2) is 0 Å². The van der Waals surface area contributed by atoms with Crippen LogP contribution in [0.4, 0.5) is 13.2 Å². The summed E-state index contributed by atoms with van der Waals surface area (Å²) in [4.78, 5) is 3.71. The predicted octanol–water partition coefficient (Wildman–Crippen LogP) is 3.17. The minimum atomic E-state index is -4.31. The Bertz CT molecular complexity index is 295. The van der Waals surface area contributed by atoms with Crippen molar-refractivity contribution in [2.75, 3.05) is 0 Å². The summed E-state index contributed by atoms with van der Waals surface area (Å²) < 4.78 is 36.5. The van der Waals surface area contributed by atoms with E-state index >= 15 is 0 Å². The fraction of sp³-hybridized carbons (Fsp3) is 0.286.